The lowest BCUT2D eigenvalue weighted by Gasteiger charge is -2.30. The molecule has 1 N–H and O–H groups in total. The predicted octanol–water partition coefficient (Wildman–Crippen LogP) is 2.64. The lowest BCUT2D eigenvalue weighted by atomic mass is 9.74. The summed E-state index contributed by atoms with van der Waals surface area (Å²) in [5, 5.41) is 3.04. The van der Waals surface area contributed by atoms with Crippen molar-refractivity contribution in [3.8, 4) is 5.75 Å². The van der Waals surface area contributed by atoms with Gasteiger partial charge in [-0.1, -0.05) is 25.5 Å². The van der Waals surface area contributed by atoms with Crippen molar-refractivity contribution in [2.75, 3.05) is 13.7 Å². The van der Waals surface area contributed by atoms with E-state index in [4.69, 9.17) is 4.74 Å². The van der Waals surface area contributed by atoms with Crippen LogP contribution in [0, 0.1) is 0 Å². The number of hydrogen-bond donors (Lipinski definition) is 1. The average molecular weight is 247 g/mol. The van der Waals surface area contributed by atoms with Crippen LogP contribution in [0.2, 0.25) is 0 Å². The van der Waals surface area contributed by atoms with Crippen LogP contribution in [0.3, 0.4) is 0 Å². The highest BCUT2D eigenvalue weighted by atomic mass is 16.5. The third kappa shape index (κ3) is 2.22. The Kier molecular flexibility index (Phi) is 3.90. The van der Waals surface area contributed by atoms with Gasteiger partial charge in [-0.25, -0.2) is 0 Å². The summed E-state index contributed by atoms with van der Waals surface area (Å²) in [5.74, 6) is 1.01. The third-order valence-electron chi connectivity index (χ3n) is 4.00. The van der Waals surface area contributed by atoms with Gasteiger partial charge in [-0.05, 0) is 37.0 Å². The van der Waals surface area contributed by atoms with Gasteiger partial charge in [0.05, 0.1) is 12.5 Å². The lowest BCUT2D eigenvalue weighted by molar-refractivity contribution is -0.126. The Hall–Kier alpha value is -1.51. The maximum absolute atomic E-state index is 12.4. The van der Waals surface area contributed by atoms with Gasteiger partial charge in [0.1, 0.15) is 5.75 Å². The zero-order chi connectivity index (χ0) is 13.0. The Labute approximate surface area is 109 Å². The zero-order valence-electron chi connectivity index (χ0n) is 11.2. The van der Waals surface area contributed by atoms with Gasteiger partial charge in [-0.15, -0.1) is 0 Å². The minimum atomic E-state index is -0.358. The first kappa shape index (κ1) is 12.9. The highest BCUT2D eigenvalue weighted by molar-refractivity contribution is 5.88. The fraction of sp³-hybridized carbons (Fsp3) is 0.533. The summed E-state index contributed by atoms with van der Waals surface area (Å²) in [4.78, 5) is 12.4. The Morgan fingerprint density at radius 3 is 2.61 bits per heavy atom. The van der Waals surface area contributed by atoms with Gasteiger partial charge in [0, 0.05) is 6.54 Å². The second-order valence-electron chi connectivity index (χ2n) is 4.88. The van der Waals surface area contributed by atoms with Crippen molar-refractivity contribution in [3.05, 3.63) is 29.8 Å². The summed E-state index contributed by atoms with van der Waals surface area (Å²) in [6, 6.07) is 7.91. The molecule has 0 spiro atoms. The van der Waals surface area contributed by atoms with Crippen molar-refractivity contribution in [1.29, 1.82) is 0 Å². The number of rotatable bonds is 3. The molecule has 0 bridgehead atoms. The van der Waals surface area contributed by atoms with Crippen LogP contribution in [0.15, 0.2) is 24.3 Å². The van der Waals surface area contributed by atoms with Crippen LogP contribution in [-0.4, -0.2) is 19.6 Å². The molecule has 1 atom stereocenters. The molecule has 1 aromatic rings. The van der Waals surface area contributed by atoms with Gasteiger partial charge in [-0.3, -0.25) is 4.79 Å². The van der Waals surface area contributed by atoms with E-state index in [0.29, 0.717) is 0 Å². The van der Waals surface area contributed by atoms with Crippen molar-refractivity contribution in [2.45, 2.75) is 38.0 Å². The van der Waals surface area contributed by atoms with E-state index in [9.17, 15) is 4.79 Å². The van der Waals surface area contributed by atoms with Crippen molar-refractivity contribution in [2.24, 2.45) is 0 Å². The SMILES string of the molecule is CCC1(c2ccc(OC)cc2)CCCCNC1=O. The molecule has 1 aromatic carbocycles. The summed E-state index contributed by atoms with van der Waals surface area (Å²) in [7, 11) is 1.66. The van der Waals surface area contributed by atoms with E-state index in [2.05, 4.69) is 12.2 Å². The number of amides is 1. The summed E-state index contributed by atoms with van der Waals surface area (Å²) < 4.78 is 5.17. The summed E-state index contributed by atoms with van der Waals surface area (Å²) in [6.07, 6.45) is 3.94. The molecule has 0 aromatic heterocycles. The Morgan fingerprint density at radius 1 is 1.28 bits per heavy atom. The number of ether oxygens (including phenoxy) is 1. The Bertz CT molecular complexity index is 413. The Balaban J connectivity index is 2.37. The van der Waals surface area contributed by atoms with Crippen molar-refractivity contribution >= 4 is 5.91 Å². The van der Waals surface area contributed by atoms with E-state index in [-0.39, 0.29) is 11.3 Å². The van der Waals surface area contributed by atoms with E-state index in [1.54, 1.807) is 7.11 Å². The molecule has 1 amide bonds. The van der Waals surface area contributed by atoms with Crippen LogP contribution in [-0.2, 0) is 10.2 Å². The maximum Gasteiger partial charge on any atom is 0.230 e. The topological polar surface area (TPSA) is 38.3 Å². The number of nitrogens with one attached hydrogen (secondary N) is 1. The lowest BCUT2D eigenvalue weighted by Crippen LogP contribution is -2.42. The molecule has 1 aliphatic heterocycles. The summed E-state index contributed by atoms with van der Waals surface area (Å²) in [5.41, 5.74) is 0.744. The summed E-state index contributed by atoms with van der Waals surface area (Å²) in [6.45, 7) is 2.89. The van der Waals surface area contributed by atoms with E-state index in [0.717, 1.165) is 43.5 Å². The molecule has 0 aliphatic carbocycles. The van der Waals surface area contributed by atoms with Crippen molar-refractivity contribution in [3.63, 3.8) is 0 Å². The number of hydrogen-bond acceptors (Lipinski definition) is 2. The standard InChI is InChI=1S/C15H21NO2/c1-3-15(10-4-5-11-16-14(15)17)12-6-8-13(18-2)9-7-12/h6-9H,3-5,10-11H2,1-2H3,(H,16,17). The molecule has 3 nitrogen and oxygen atoms in total. The molecule has 1 aliphatic rings. The summed E-state index contributed by atoms with van der Waals surface area (Å²) >= 11 is 0. The van der Waals surface area contributed by atoms with Gasteiger partial charge in [-0.2, -0.15) is 0 Å². The van der Waals surface area contributed by atoms with Gasteiger partial charge in [0.25, 0.3) is 0 Å². The largest absolute Gasteiger partial charge is 0.497 e. The molecule has 0 radical (unpaired) electrons. The fourth-order valence-electron chi connectivity index (χ4n) is 2.76. The second-order valence-corrected chi connectivity index (χ2v) is 4.88. The van der Waals surface area contributed by atoms with E-state index in [1.165, 1.54) is 0 Å². The van der Waals surface area contributed by atoms with E-state index in [1.807, 2.05) is 24.3 Å². The zero-order valence-corrected chi connectivity index (χ0v) is 11.2. The number of benzene rings is 1. The number of carbonyl (C=O) groups excluding carboxylic acids is 1. The minimum absolute atomic E-state index is 0.174. The van der Waals surface area contributed by atoms with Gasteiger partial charge in [0.15, 0.2) is 0 Å². The molecule has 3 heteroatoms. The highest BCUT2D eigenvalue weighted by Gasteiger charge is 2.38. The maximum atomic E-state index is 12.4. The van der Waals surface area contributed by atoms with Crippen LogP contribution < -0.4 is 10.1 Å². The predicted molar refractivity (Wildman–Crippen MR) is 71.8 cm³/mol. The molecule has 18 heavy (non-hydrogen) atoms. The molecule has 2 rings (SSSR count). The molecule has 1 fully saturated rings. The molecular weight excluding hydrogens is 226 g/mol. The van der Waals surface area contributed by atoms with Gasteiger partial charge in [0.2, 0.25) is 5.91 Å². The molecular formula is C15H21NO2. The van der Waals surface area contributed by atoms with Crippen molar-refractivity contribution < 1.29 is 9.53 Å². The van der Waals surface area contributed by atoms with E-state index < -0.39 is 0 Å². The molecule has 98 valence electrons. The normalized spacial score (nSPS) is 24.2. The number of carbonyl (C=O) groups is 1. The minimum Gasteiger partial charge on any atom is -0.497 e. The molecule has 0 saturated carbocycles. The average Bonchev–Trinajstić information content (AvgIpc) is 2.61. The Morgan fingerprint density at radius 2 is 2.00 bits per heavy atom. The van der Waals surface area contributed by atoms with Crippen LogP contribution in [0.1, 0.15) is 38.2 Å². The third-order valence-corrected chi connectivity index (χ3v) is 4.00. The van der Waals surface area contributed by atoms with E-state index >= 15 is 0 Å². The van der Waals surface area contributed by atoms with Gasteiger partial charge < -0.3 is 10.1 Å². The highest BCUT2D eigenvalue weighted by Crippen LogP contribution is 2.36. The monoisotopic (exact) mass is 247 g/mol. The van der Waals surface area contributed by atoms with Crippen LogP contribution in [0.25, 0.3) is 0 Å². The van der Waals surface area contributed by atoms with Crippen LogP contribution in [0.5, 0.6) is 5.75 Å². The number of methoxy groups -OCH3 is 1. The van der Waals surface area contributed by atoms with Crippen LogP contribution >= 0.6 is 0 Å². The second kappa shape index (κ2) is 5.42. The first-order valence-corrected chi connectivity index (χ1v) is 6.66. The molecule has 1 heterocycles. The molecule has 1 unspecified atom stereocenters. The smallest absolute Gasteiger partial charge is 0.230 e. The first-order chi connectivity index (χ1) is 8.73. The first-order valence-electron chi connectivity index (χ1n) is 6.66. The van der Waals surface area contributed by atoms with Gasteiger partial charge >= 0.3 is 0 Å². The van der Waals surface area contributed by atoms with Crippen LogP contribution in [0.4, 0.5) is 0 Å². The fourth-order valence-corrected chi connectivity index (χ4v) is 2.76. The quantitative estimate of drug-likeness (QED) is 0.891. The van der Waals surface area contributed by atoms with Crippen molar-refractivity contribution in [1.82, 2.24) is 5.32 Å². The molecule has 1 saturated heterocycles.